The highest BCUT2D eigenvalue weighted by Crippen LogP contribution is 2.24. The monoisotopic (exact) mass is 294 g/mol. The van der Waals surface area contributed by atoms with E-state index in [4.69, 9.17) is 4.42 Å². The van der Waals surface area contributed by atoms with Crippen molar-refractivity contribution < 1.29 is 4.42 Å². The maximum Gasteiger partial charge on any atom is 0.136 e. The third kappa shape index (κ3) is 3.09. The predicted molar refractivity (Wildman–Crippen MR) is 88.5 cm³/mol. The molecule has 0 saturated heterocycles. The molecular formula is C17H18N4O. The van der Waals surface area contributed by atoms with E-state index in [2.05, 4.69) is 15.3 Å². The van der Waals surface area contributed by atoms with Crippen molar-refractivity contribution in [3.05, 3.63) is 54.6 Å². The van der Waals surface area contributed by atoms with Gasteiger partial charge in [0.15, 0.2) is 0 Å². The van der Waals surface area contributed by atoms with Crippen molar-refractivity contribution in [3.63, 3.8) is 0 Å². The molecule has 0 aliphatic carbocycles. The van der Waals surface area contributed by atoms with Crippen LogP contribution in [0.3, 0.4) is 0 Å². The summed E-state index contributed by atoms with van der Waals surface area (Å²) in [5, 5.41) is 3.30. The molecule has 0 atom stereocenters. The summed E-state index contributed by atoms with van der Waals surface area (Å²) in [6.45, 7) is 1.89. The second-order valence-corrected chi connectivity index (χ2v) is 5.23. The highest BCUT2D eigenvalue weighted by molar-refractivity contribution is 5.65. The van der Waals surface area contributed by atoms with Crippen LogP contribution in [0, 0.1) is 6.92 Å². The Morgan fingerprint density at radius 3 is 2.45 bits per heavy atom. The number of nitrogens with zero attached hydrogens (tertiary/aromatic N) is 3. The van der Waals surface area contributed by atoms with Crippen molar-refractivity contribution in [2.45, 2.75) is 6.92 Å². The largest absolute Gasteiger partial charge is 0.464 e. The second kappa shape index (κ2) is 5.89. The smallest absolute Gasteiger partial charge is 0.136 e. The SMILES string of the molecule is Cc1nc(Nc2ccc(-c3ccco3)cc2)cc(N(C)C)n1. The van der Waals surface area contributed by atoms with E-state index >= 15 is 0 Å². The van der Waals surface area contributed by atoms with Crippen molar-refractivity contribution in [1.29, 1.82) is 0 Å². The summed E-state index contributed by atoms with van der Waals surface area (Å²) in [6.07, 6.45) is 1.67. The number of anilines is 3. The van der Waals surface area contributed by atoms with Gasteiger partial charge in [0.1, 0.15) is 23.2 Å². The molecule has 112 valence electrons. The molecule has 5 heteroatoms. The summed E-state index contributed by atoms with van der Waals surface area (Å²) >= 11 is 0. The first-order valence-electron chi connectivity index (χ1n) is 7.06. The standard InChI is InChI=1S/C17H18N4O/c1-12-18-16(11-17(19-12)21(2)3)20-14-8-6-13(7-9-14)15-5-4-10-22-15/h4-11H,1-3H3,(H,18,19,20). The lowest BCUT2D eigenvalue weighted by Gasteiger charge is -2.14. The van der Waals surface area contributed by atoms with Crippen LogP contribution in [0.15, 0.2) is 53.1 Å². The van der Waals surface area contributed by atoms with Gasteiger partial charge in [-0.25, -0.2) is 9.97 Å². The normalized spacial score (nSPS) is 10.5. The van der Waals surface area contributed by atoms with Gasteiger partial charge in [0.25, 0.3) is 0 Å². The Labute approximate surface area is 129 Å². The second-order valence-electron chi connectivity index (χ2n) is 5.23. The molecule has 1 N–H and O–H groups in total. The van der Waals surface area contributed by atoms with Crippen molar-refractivity contribution in [1.82, 2.24) is 9.97 Å². The fourth-order valence-electron chi connectivity index (χ4n) is 2.15. The van der Waals surface area contributed by atoms with E-state index in [1.165, 1.54) is 0 Å². The predicted octanol–water partition coefficient (Wildman–Crippen LogP) is 3.85. The van der Waals surface area contributed by atoms with Crippen LogP contribution >= 0.6 is 0 Å². The first-order chi connectivity index (χ1) is 10.6. The van der Waals surface area contributed by atoms with Crippen LogP contribution in [0.25, 0.3) is 11.3 Å². The number of hydrogen-bond acceptors (Lipinski definition) is 5. The van der Waals surface area contributed by atoms with Gasteiger partial charge in [0, 0.05) is 31.4 Å². The minimum atomic E-state index is 0.737. The third-order valence-corrected chi connectivity index (χ3v) is 3.25. The number of hydrogen-bond donors (Lipinski definition) is 1. The minimum Gasteiger partial charge on any atom is -0.464 e. The van der Waals surface area contributed by atoms with Crippen LogP contribution in [-0.2, 0) is 0 Å². The number of rotatable bonds is 4. The molecule has 0 amide bonds. The molecule has 5 nitrogen and oxygen atoms in total. The number of aryl methyl sites for hydroxylation is 1. The highest BCUT2D eigenvalue weighted by atomic mass is 16.3. The summed E-state index contributed by atoms with van der Waals surface area (Å²) in [5.74, 6) is 3.25. The van der Waals surface area contributed by atoms with E-state index in [9.17, 15) is 0 Å². The number of benzene rings is 1. The summed E-state index contributed by atoms with van der Waals surface area (Å²) in [5.41, 5.74) is 2.02. The van der Waals surface area contributed by atoms with E-state index in [1.807, 2.05) is 68.4 Å². The molecule has 0 aliphatic rings. The molecule has 0 bridgehead atoms. The Kier molecular flexibility index (Phi) is 3.78. The maximum atomic E-state index is 5.39. The van der Waals surface area contributed by atoms with Gasteiger partial charge in [-0.05, 0) is 43.3 Å². The van der Waals surface area contributed by atoms with Gasteiger partial charge >= 0.3 is 0 Å². The van der Waals surface area contributed by atoms with Gasteiger partial charge in [-0.2, -0.15) is 0 Å². The molecule has 3 aromatic rings. The molecule has 0 saturated carbocycles. The first kappa shape index (κ1) is 14.1. The lowest BCUT2D eigenvalue weighted by atomic mass is 10.1. The van der Waals surface area contributed by atoms with Gasteiger partial charge in [0.05, 0.1) is 6.26 Å². The van der Waals surface area contributed by atoms with Crippen molar-refractivity contribution in [2.75, 3.05) is 24.3 Å². The van der Waals surface area contributed by atoms with E-state index in [-0.39, 0.29) is 0 Å². The zero-order chi connectivity index (χ0) is 15.5. The van der Waals surface area contributed by atoms with Crippen LogP contribution in [-0.4, -0.2) is 24.1 Å². The van der Waals surface area contributed by atoms with Gasteiger partial charge in [-0.15, -0.1) is 0 Å². The van der Waals surface area contributed by atoms with E-state index in [1.54, 1.807) is 6.26 Å². The molecule has 22 heavy (non-hydrogen) atoms. The van der Waals surface area contributed by atoms with E-state index in [0.29, 0.717) is 0 Å². The number of nitrogens with one attached hydrogen (secondary N) is 1. The van der Waals surface area contributed by atoms with Gasteiger partial charge in [-0.1, -0.05) is 0 Å². The summed E-state index contributed by atoms with van der Waals surface area (Å²) < 4.78 is 5.39. The van der Waals surface area contributed by atoms with Crippen LogP contribution in [0.5, 0.6) is 0 Å². The van der Waals surface area contributed by atoms with Crippen LogP contribution < -0.4 is 10.2 Å². The molecule has 0 spiro atoms. The molecule has 2 heterocycles. The third-order valence-electron chi connectivity index (χ3n) is 3.25. The van der Waals surface area contributed by atoms with E-state index < -0.39 is 0 Å². The average molecular weight is 294 g/mol. The summed E-state index contributed by atoms with van der Waals surface area (Å²) in [4.78, 5) is 10.8. The molecule has 3 rings (SSSR count). The fourth-order valence-corrected chi connectivity index (χ4v) is 2.15. The Bertz CT molecular complexity index is 749. The average Bonchev–Trinajstić information content (AvgIpc) is 3.01. The van der Waals surface area contributed by atoms with Crippen molar-refractivity contribution in [3.8, 4) is 11.3 Å². The molecular weight excluding hydrogens is 276 g/mol. The zero-order valence-corrected chi connectivity index (χ0v) is 12.9. The first-order valence-corrected chi connectivity index (χ1v) is 7.06. The van der Waals surface area contributed by atoms with Crippen molar-refractivity contribution in [2.24, 2.45) is 0 Å². The van der Waals surface area contributed by atoms with Gasteiger partial charge in [-0.3, -0.25) is 0 Å². The Hall–Kier alpha value is -2.82. The van der Waals surface area contributed by atoms with Gasteiger partial charge < -0.3 is 14.6 Å². The maximum absolute atomic E-state index is 5.39. The van der Waals surface area contributed by atoms with E-state index in [0.717, 1.165) is 34.5 Å². The topological polar surface area (TPSA) is 54.2 Å². The molecule has 0 aliphatic heterocycles. The molecule has 0 radical (unpaired) electrons. The van der Waals surface area contributed by atoms with Gasteiger partial charge in [0.2, 0.25) is 0 Å². The molecule has 1 aromatic carbocycles. The van der Waals surface area contributed by atoms with Crippen LogP contribution in [0.2, 0.25) is 0 Å². The Balaban J connectivity index is 1.81. The minimum absolute atomic E-state index is 0.737. The number of furan rings is 1. The van der Waals surface area contributed by atoms with Crippen LogP contribution in [0.4, 0.5) is 17.3 Å². The molecule has 2 aromatic heterocycles. The Morgan fingerprint density at radius 1 is 1.05 bits per heavy atom. The highest BCUT2D eigenvalue weighted by Gasteiger charge is 2.05. The summed E-state index contributed by atoms with van der Waals surface area (Å²) in [6, 6.07) is 13.8. The quantitative estimate of drug-likeness (QED) is 0.792. The fraction of sp³-hybridized carbons (Fsp3) is 0.176. The number of aromatic nitrogens is 2. The molecule has 0 unspecified atom stereocenters. The zero-order valence-electron chi connectivity index (χ0n) is 12.9. The molecule has 0 fully saturated rings. The Morgan fingerprint density at radius 2 is 1.82 bits per heavy atom. The van der Waals surface area contributed by atoms with Crippen molar-refractivity contribution >= 4 is 17.3 Å². The lowest BCUT2D eigenvalue weighted by Crippen LogP contribution is -2.12. The lowest BCUT2D eigenvalue weighted by molar-refractivity contribution is 0.582. The van der Waals surface area contributed by atoms with Crippen LogP contribution in [0.1, 0.15) is 5.82 Å². The summed E-state index contributed by atoms with van der Waals surface area (Å²) in [7, 11) is 3.92.